The van der Waals surface area contributed by atoms with Crippen LogP contribution >= 0.6 is 11.6 Å². The van der Waals surface area contributed by atoms with Gasteiger partial charge in [-0.2, -0.15) is 0 Å². The Morgan fingerprint density at radius 1 is 1.05 bits per heavy atom. The highest BCUT2D eigenvalue weighted by Crippen LogP contribution is 2.23. The molecule has 0 amide bonds. The van der Waals surface area contributed by atoms with Crippen molar-refractivity contribution in [3.05, 3.63) is 53.1 Å². The summed E-state index contributed by atoms with van der Waals surface area (Å²) in [7, 11) is 0. The van der Waals surface area contributed by atoms with Crippen molar-refractivity contribution in [3.63, 3.8) is 0 Å². The lowest BCUT2D eigenvalue weighted by molar-refractivity contribution is 0.300. The predicted molar refractivity (Wildman–Crippen MR) is 77.8 cm³/mol. The van der Waals surface area contributed by atoms with Crippen LogP contribution in [0.4, 0.5) is 5.69 Å². The summed E-state index contributed by atoms with van der Waals surface area (Å²) >= 11 is 5.93. The van der Waals surface area contributed by atoms with E-state index in [1.807, 2.05) is 37.3 Å². The summed E-state index contributed by atoms with van der Waals surface area (Å²) < 4.78 is 11.1. The summed E-state index contributed by atoms with van der Waals surface area (Å²) in [6.45, 7) is 2.95. The largest absolute Gasteiger partial charge is 0.494 e. The maximum atomic E-state index is 5.93. The van der Waals surface area contributed by atoms with Crippen LogP contribution in [0.25, 0.3) is 0 Å². The second-order valence-electron chi connectivity index (χ2n) is 4.04. The highest BCUT2D eigenvalue weighted by molar-refractivity contribution is 6.30. The molecule has 2 aromatic carbocycles. The van der Waals surface area contributed by atoms with E-state index in [9.17, 15) is 0 Å². The van der Waals surface area contributed by atoms with E-state index < -0.39 is 0 Å². The molecule has 100 valence electrons. The summed E-state index contributed by atoms with van der Waals surface area (Å²) in [5.41, 5.74) is 7.41. The van der Waals surface area contributed by atoms with Crippen LogP contribution < -0.4 is 15.2 Å². The molecule has 0 saturated carbocycles. The molecule has 0 heterocycles. The fraction of sp³-hybridized carbons (Fsp3) is 0.200. The zero-order valence-corrected chi connectivity index (χ0v) is 11.5. The molecule has 2 N–H and O–H groups in total. The minimum Gasteiger partial charge on any atom is -0.494 e. The van der Waals surface area contributed by atoms with Crippen molar-refractivity contribution in [1.82, 2.24) is 0 Å². The van der Waals surface area contributed by atoms with Crippen LogP contribution in [-0.2, 0) is 6.61 Å². The van der Waals surface area contributed by atoms with E-state index in [0.717, 1.165) is 17.1 Å². The van der Waals surface area contributed by atoms with E-state index in [-0.39, 0.29) is 0 Å². The quantitative estimate of drug-likeness (QED) is 0.843. The van der Waals surface area contributed by atoms with Gasteiger partial charge in [0.25, 0.3) is 0 Å². The van der Waals surface area contributed by atoms with Crippen molar-refractivity contribution in [2.45, 2.75) is 13.5 Å². The topological polar surface area (TPSA) is 44.5 Å². The Hall–Kier alpha value is -1.87. The van der Waals surface area contributed by atoms with Gasteiger partial charge in [0.2, 0.25) is 0 Å². The molecule has 0 bridgehead atoms. The lowest BCUT2D eigenvalue weighted by Crippen LogP contribution is -2.00. The minimum absolute atomic E-state index is 0.377. The van der Waals surface area contributed by atoms with Crippen LogP contribution in [0.5, 0.6) is 11.5 Å². The van der Waals surface area contributed by atoms with E-state index >= 15 is 0 Å². The molecule has 0 aliphatic carbocycles. The molecule has 0 radical (unpaired) electrons. The summed E-state index contributed by atoms with van der Waals surface area (Å²) in [4.78, 5) is 0. The predicted octanol–water partition coefficient (Wildman–Crippen LogP) is 3.90. The molecule has 2 aromatic rings. The first-order chi connectivity index (χ1) is 9.19. The van der Waals surface area contributed by atoms with Crippen LogP contribution in [0.3, 0.4) is 0 Å². The lowest BCUT2D eigenvalue weighted by Gasteiger charge is -2.10. The van der Waals surface area contributed by atoms with Crippen molar-refractivity contribution in [2.75, 3.05) is 12.3 Å². The second kappa shape index (κ2) is 6.34. The standard InChI is InChI=1S/C15H16ClNO2/c1-2-18-13-4-3-5-14(9-13)19-10-11-8-12(16)6-7-15(11)17/h3-9H,2,10,17H2,1H3. The molecule has 3 nitrogen and oxygen atoms in total. The molecule has 0 fully saturated rings. The van der Waals surface area contributed by atoms with Gasteiger partial charge in [-0.15, -0.1) is 0 Å². The van der Waals surface area contributed by atoms with Gasteiger partial charge in [-0.1, -0.05) is 17.7 Å². The minimum atomic E-state index is 0.377. The molecule has 0 aliphatic heterocycles. The van der Waals surface area contributed by atoms with E-state index in [1.54, 1.807) is 12.1 Å². The third kappa shape index (κ3) is 3.80. The molecule has 0 saturated heterocycles. The zero-order valence-electron chi connectivity index (χ0n) is 10.7. The summed E-state index contributed by atoms with van der Waals surface area (Å²) in [6.07, 6.45) is 0. The van der Waals surface area contributed by atoms with E-state index in [0.29, 0.717) is 23.9 Å². The molecule has 4 heteroatoms. The highest BCUT2D eigenvalue weighted by Gasteiger charge is 2.03. The maximum Gasteiger partial charge on any atom is 0.123 e. The van der Waals surface area contributed by atoms with Gasteiger partial charge < -0.3 is 15.2 Å². The van der Waals surface area contributed by atoms with E-state index in [4.69, 9.17) is 26.8 Å². The smallest absolute Gasteiger partial charge is 0.123 e. The Morgan fingerprint density at radius 2 is 1.79 bits per heavy atom. The molecule has 2 rings (SSSR count). The van der Waals surface area contributed by atoms with Gasteiger partial charge in [0, 0.05) is 22.3 Å². The molecule has 0 atom stereocenters. The molecular formula is C15H16ClNO2. The first-order valence-electron chi connectivity index (χ1n) is 6.08. The molecule has 0 spiro atoms. The first-order valence-corrected chi connectivity index (χ1v) is 6.46. The average molecular weight is 278 g/mol. The van der Waals surface area contributed by atoms with Gasteiger partial charge in [-0.25, -0.2) is 0 Å². The molecule has 0 unspecified atom stereocenters. The third-order valence-electron chi connectivity index (χ3n) is 2.62. The van der Waals surface area contributed by atoms with Crippen molar-refractivity contribution >= 4 is 17.3 Å². The Morgan fingerprint density at radius 3 is 2.53 bits per heavy atom. The lowest BCUT2D eigenvalue weighted by atomic mass is 10.2. The van der Waals surface area contributed by atoms with E-state index in [1.165, 1.54) is 0 Å². The number of nitrogen functional groups attached to an aromatic ring is 1. The van der Waals surface area contributed by atoms with Gasteiger partial charge in [0.15, 0.2) is 0 Å². The number of rotatable bonds is 5. The van der Waals surface area contributed by atoms with Crippen molar-refractivity contribution in [2.24, 2.45) is 0 Å². The van der Waals surface area contributed by atoms with Crippen LogP contribution in [0.2, 0.25) is 5.02 Å². The normalized spacial score (nSPS) is 10.2. The highest BCUT2D eigenvalue weighted by atomic mass is 35.5. The van der Waals surface area contributed by atoms with Crippen molar-refractivity contribution in [3.8, 4) is 11.5 Å². The van der Waals surface area contributed by atoms with Gasteiger partial charge in [-0.05, 0) is 37.3 Å². The summed E-state index contributed by atoms with van der Waals surface area (Å²) in [5, 5.41) is 0.649. The van der Waals surface area contributed by atoms with Gasteiger partial charge >= 0.3 is 0 Å². The van der Waals surface area contributed by atoms with Crippen molar-refractivity contribution in [1.29, 1.82) is 0 Å². The Kier molecular flexibility index (Phi) is 4.53. The van der Waals surface area contributed by atoms with Gasteiger partial charge in [0.05, 0.1) is 6.61 Å². The Balaban J connectivity index is 2.05. The van der Waals surface area contributed by atoms with Gasteiger partial charge in [-0.3, -0.25) is 0 Å². The van der Waals surface area contributed by atoms with Crippen molar-refractivity contribution < 1.29 is 9.47 Å². The number of ether oxygens (including phenoxy) is 2. The monoisotopic (exact) mass is 277 g/mol. The number of nitrogens with two attached hydrogens (primary N) is 1. The first kappa shape index (κ1) is 13.6. The Bertz CT molecular complexity index is 558. The number of hydrogen-bond acceptors (Lipinski definition) is 3. The molecule has 19 heavy (non-hydrogen) atoms. The fourth-order valence-corrected chi connectivity index (χ4v) is 1.88. The summed E-state index contributed by atoms with van der Waals surface area (Å²) in [5.74, 6) is 1.53. The molecular weight excluding hydrogens is 262 g/mol. The van der Waals surface area contributed by atoms with Crippen LogP contribution in [-0.4, -0.2) is 6.61 Å². The number of benzene rings is 2. The second-order valence-corrected chi connectivity index (χ2v) is 4.48. The SMILES string of the molecule is CCOc1cccc(OCc2cc(Cl)ccc2N)c1. The fourth-order valence-electron chi connectivity index (χ4n) is 1.68. The number of hydrogen-bond donors (Lipinski definition) is 1. The van der Waals surface area contributed by atoms with Gasteiger partial charge in [0.1, 0.15) is 18.1 Å². The Labute approximate surface area is 117 Å². The number of halogens is 1. The zero-order chi connectivity index (χ0) is 13.7. The maximum absolute atomic E-state index is 5.93. The number of anilines is 1. The van der Waals surface area contributed by atoms with Crippen LogP contribution in [0.1, 0.15) is 12.5 Å². The average Bonchev–Trinajstić information content (AvgIpc) is 2.41. The molecule has 0 aliphatic rings. The third-order valence-corrected chi connectivity index (χ3v) is 2.85. The summed E-state index contributed by atoms with van der Waals surface area (Å²) in [6, 6.07) is 12.9. The van der Waals surface area contributed by atoms with E-state index in [2.05, 4.69) is 0 Å². The van der Waals surface area contributed by atoms with Crippen LogP contribution in [0, 0.1) is 0 Å². The molecule has 0 aromatic heterocycles. The van der Waals surface area contributed by atoms with Crippen LogP contribution in [0.15, 0.2) is 42.5 Å².